The Bertz CT molecular complexity index is 1120. The van der Waals surface area contributed by atoms with E-state index < -0.39 is 10.0 Å². The van der Waals surface area contributed by atoms with E-state index in [1.807, 2.05) is 54.6 Å². The van der Waals surface area contributed by atoms with Crippen LogP contribution in [0.5, 0.6) is 5.75 Å². The average molecular weight is 437 g/mol. The fourth-order valence-electron chi connectivity index (χ4n) is 2.82. The molecule has 6 nitrogen and oxygen atoms in total. The van der Waals surface area contributed by atoms with Crippen molar-refractivity contribution in [3.05, 3.63) is 102 Å². The summed E-state index contributed by atoms with van der Waals surface area (Å²) in [6.45, 7) is 0.938. The van der Waals surface area contributed by atoms with Gasteiger partial charge in [0.2, 0.25) is 15.9 Å². The Balaban J connectivity index is 1.42. The number of ether oxygens (including phenoxy) is 1. The Morgan fingerprint density at radius 3 is 2.23 bits per heavy atom. The molecule has 0 spiro atoms. The third-order valence-corrected chi connectivity index (χ3v) is 5.45. The molecule has 0 fully saturated rings. The van der Waals surface area contributed by atoms with E-state index in [9.17, 15) is 13.2 Å². The van der Waals surface area contributed by atoms with Crippen LogP contribution in [-0.4, -0.2) is 20.9 Å². The molecule has 3 rings (SSSR count). The number of carbonyl (C=O) groups is 1. The summed E-state index contributed by atoms with van der Waals surface area (Å²) in [5.41, 5.74) is 2.90. The number of hydrogen-bond acceptors (Lipinski definition) is 4. The van der Waals surface area contributed by atoms with E-state index in [1.54, 1.807) is 18.2 Å². The number of benzene rings is 3. The van der Waals surface area contributed by atoms with Gasteiger partial charge >= 0.3 is 0 Å². The second-order valence-corrected chi connectivity index (χ2v) is 8.47. The monoisotopic (exact) mass is 436 g/mol. The number of rotatable bonds is 9. The van der Waals surface area contributed by atoms with Crippen molar-refractivity contribution in [1.82, 2.24) is 5.32 Å². The maximum Gasteiger partial charge on any atom is 0.244 e. The maximum atomic E-state index is 12.0. The van der Waals surface area contributed by atoms with Crippen LogP contribution in [0.15, 0.2) is 89.8 Å². The zero-order valence-electron chi connectivity index (χ0n) is 16.9. The summed E-state index contributed by atoms with van der Waals surface area (Å²) in [6, 6.07) is 23.7. The summed E-state index contributed by atoms with van der Waals surface area (Å²) in [5.74, 6) is 0.560. The van der Waals surface area contributed by atoms with Crippen molar-refractivity contribution in [1.29, 1.82) is 0 Å². The fraction of sp³-hybridized carbons (Fsp3) is 0.125. The lowest BCUT2D eigenvalue weighted by molar-refractivity contribution is -0.116. The van der Waals surface area contributed by atoms with E-state index in [1.165, 1.54) is 18.2 Å². The second-order valence-electron chi connectivity index (χ2n) is 6.91. The quantitative estimate of drug-likeness (QED) is 0.503. The molecule has 0 aromatic heterocycles. The van der Waals surface area contributed by atoms with Crippen molar-refractivity contribution < 1.29 is 17.9 Å². The zero-order valence-corrected chi connectivity index (χ0v) is 17.7. The molecule has 0 aliphatic rings. The van der Waals surface area contributed by atoms with Gasteiger partial charge in [-0.2, -0.15) is 0 Å². The summed E-state index contributed by atoms with van der Waals surface area (Å²) in [5, 5.41) is 7.88. The molecule has 0 bridgehead atoms. The number of primary sulfonamides is 1. The molecule has 0 radical (unpaired) electrons. The smallest absolute Gasteiger partial charge is 0.244 e. The summed E-state index contributed by atoms with van der Waals surface area (Å²) in [6.07, 6.45) is 3.79. The first kappa shape index (κ1) is 22.3. The lowest BCUT2D eigenvalue weighted by Crippen LogP contribution is -2.23. The molecule has 3 N–H and O–H groups in total. The van der Waals surface area contributed by atoms with Crippen LogP contribution >= 0.6 is 0 Å². The van der Waals surface area contributed by atoms with E-state index in [2.05, 4.69) is 5.32 Å². The first-order valence-electron chi connectivity index (χ1n) is 9.74. The summed E-state index contributed by atoms with van der Waals surface area (Å²) in [4.78, 5) is 12.1. The van der Waals surface area contributed by atoms with Crippen LogP contribution in [0.25, 0.3) is 6.08 Å². The van der Waals surface area contributed by atoms with Gasteiger partial charge in [0.1, 0.15) is 12.4 Å². The van der Waals surface area contributed by atoms with Gasteiger partial charge in [-0.05, 0) is 53.5 Å². The fourth-order valence-corrected chi connectivity index (χ4v) is 3.34. The third-order valence-electron chi connectivity index (χ3n) is 4.52. The van der Waals surface area contributed by atoms with Gasteiger partial charge in [-0.25, -0.2) is 13.6 Å². The van der Waals surface area contributed by atoms with Gasteiger partial charge in [-0.3, -0.25) is 4.79 Å². The van der Waals surface area contributed by atoms with Gasteiger partial charge in [0, 0.05) is 12.6 Å². The Morgan fingerprint density at radius 2 is 1.58 bits per heavy atom. The zero-order chi connectivity index (χ0) is 22.1. The molecule has 7 heteroatoms. The van der Waals surface area contributed by atoms with Crippen LogP contribution < -0.4 is 15.2 Å². The molecule has 0 aliphatic carbocycles. The van der Waals surface area contributed by atoms with Gasteiger partial charge < -0.3 is 10.1 Å². The first-order chi connectivity index (χ1) is 14.9. The maximum absolute atomic E-state index is 12.0. The Labute approximate surface area is 182 Å². The molecule has 3 aromatic carbocycles. The van der Waals surface area contributed by atoms with E-state index >= 15 is 0 Å². The van der Waals surface area contributed by atoms with Crippen LogP contribution in [-0.2, 0) is 27.8 Å². The van der Waals surface area contributed by atoms with Gasteiger partial charge in [-0.15, -0.1) is 0 Å². The lowest BCUT2D eigenvalue weighted by Gasteiger charge is -2.06. The molecular weight excluding hydrogens is 412 g/mol. The summed E-state index contributed by atoms with van der Waals surface area (Å²) in [7, 11) is -3.69. The molecule has 0 saturated carbocycles. The molecule has 160 valence electrons. The van der Waals surface area contributed by atoms with Crippen LogP contribution in [0.3, 0.4) is 0 Å². The molecule has 0 atom stereocenters. The Hall–Kier alpha value is -3.42. The number of nitrogens with one attached hydrogen (secondary N) is 1. The highest BCUT2D eigenvalue weighted by molar-refractivity contribution is 7.89. The topological polar surface area (TPSA) is 98.5 Å². The molecular formula is C24H24N2O4S. The van der Waals surface area contributed by atoms with Crippen molar-refractivity contribution in [2.45, 2.75) is 17.9 Å². The molecule has 0 aliphatic heterocycles. The van der Waals surface area contributed by atoms with Crippen LogP contribution in [0.2, 0.25) is 0 Å². The number of carbonyl (C=O) groups excluding carboxylic acids is 1. The van der Waals surface area contributed by atoms with Gasteiger partial charge in [0.05, 0.1) is 4.90 Å². The summed E-state index contributed by atoms with van der Waals surface area (Å²) < 4.78 is 28.3. The molecule has 1 amide bonds. The normalized spacial score (nSPS) is 11.4. The van der Waals surface area contributed by atoms with Crippen LogP contribution in [0, 0.1) is 0 Å². The summed E-state index contributed by atoms with van der Waals surface area (Å²) >= 11 is 0. The van der Waals surface area contributed by atoms with Crippen molar-refractivity contribution >= 4 is 22.0 Å². The molecule has 0 unspecified atom stereocenters. The highest BCUT2D eigenvalue weighted by atomic mass is 32.2. The molecule has 31 heavy (non-hydrogen) atoms. The van der Waals surface area contributed by atoms with Crippen molar-refractivity contribution in [2.24, 2.45) is 5.14 Å². The van der Waals surface area contributed by atoms with Crippen molar-refractivity contribution in [3.8, 4) is 5.75 Å². The predicted molar refractivity (Wildman–Crippen MR) is 121 cm³/mol. The minimum Gasteiger partial charge on any atom is -0.489 e. The minimum absolute atomic E-state index is 0.0692. The van der Waals surface area contributed by atoms with Gasteiger partial charge in [0.25, 0.3) is 0 Å². The van der Waals surface area contributed by atoms with Crippen LogP contribution in [0.1, 0.15) is 16.7 Å². The Kier molecular flexibility index (Phi) is 7.59. The lowest BCUT2D eigenvalue weighted by atomic mass is 10.1. The highest BCUT2D eigenvalue weighted by Crippen LogP contribution is 2.15. The first-order valence-corrected chi connectivity index (χ1v) is 11.3. The highest BCUT2D eigenvalue weighted by Gasteiger charge is 2.06. The predicted octanol–water partition coefficient (Wildman–Crippen LogP) is 3.29. The number of nitrogens with two attached hydrogens (primary N) is 1. The molecule has 3 aromatic rings. The number of sulfonamides is 1. The van der Waals surface area contributed by atoms with Crippen molar-refractivity contribution in [2.75, 3.05) is 6.54 Å². The Morgan fingerprint density at radius 1 is 0.903 bits per heavy atom. The minimum atomic E-state index is -3.69. The van der Waals surface area contributed by atoms with E-state index in [0.717, 1.165) is 22.4 Å². The SMILES string of the molecule is NS(=O)(=O)c1ccc(CCNC(=O)/C=C/c2ccc(OCc3ccccc3)cc2)cc1. The molecule has 0 saturated heterocycles. The van der Waals surface area contributed by atoms with Gasteiger partial charge in [0.15, 0.2) is 0 Å². The van der Waals surface area contributed by atoms with E-state index in [4.69, 9.17) is 9.88 Å². The number of hydrogen-bond donors (Lipinski definition) is 2. The third kappa shape index (κ3) is 7.40. The number of amides is 1. The molecule has 0 heterocycles. The van der Waals surface area contributed by atoms with Crippen LogP contribution in [0.4, 0.5) is 0 Å². The standard InChI is InChI=1S/C24H24N2O4S/c25-31(28,29)23-13-8-20(9-14-23)16-17-26-24(27)15-10-19-6-11-22(12-7-19)30-18-21-4-2-1-3-5-21/h1-15H,16-18H2,(H,26,27)(H2,25,28,29)/b15-10+. The van der Waals surface area contributed by atoms with Crippen molar-refractivity contribution in [3.63, 3.8) is 0 Å². The van der Waals surface area contributed by atoms with Gasteiger partial charge in [-0.1, -0.05) is 54.6 Å². The second kappa shape index (κ2) is 10.6. The largest absolute Gasteiger partial charge is 0.489 e. The van der Waals surface area contributed by atoms with E-state index in [-0.39, 0.29) is 10.8 Å². The average Bonchev–Trinajstić information content (AvgIpc) is 2.77. The van der Waals surface area contributed by atoms with E-state index in [0.29, 0.717) is 19.6 Å².